The molecule has 0 fully saturated rings. The fourth-order valence-electron chi connectivity index (χ4n) is 2.43. The number of anilines is 1. The van der Waals surface area contributed by atoms with Crippen LogP contribution in [0.15, 0.2) is 24.3 Å². The predicted molar refractivity (Wildman–Crippen MR) is 81.0 cm³/mol. The number of halogens is 2. The number of alkyl halides is 2. The Bertz CT molecular complexity index is 989. The van der Waals surface area contributed by atoms with Crippen LogP contribution in [0.25, 0.3) is 5.78 Å². The van der Waals surface area contributed by atoms with Gasteiger partial charge in [0.1, 0.15) is 5.69 Å². The Morgan fingerprint density at radius 1 is 1.24 bits per heavy atom. The Balaban J connectivity index is 1.65. The minimum absolute atomic E-state index is 0.0638. The number of carbonyl (C=O) groups excluding carboxylic acids is 1. The predicted octanol–water partition coefficient (Wildman–Crippen LogP) is 2.35. The first-order valence-electron chi connectivity index (χ1n) is 7.25. The summed E-state index contributed by atoms with van der Waals surface area (Å²) in [5.74, 6) is 0.0918. The summed E-state index contributed by atoms with van der Waals surface area (Å²) in [6.07, 6.45) is -2.77. The summed E-state index contributed by atoms with van der Waals surface area (Å²) >= 11 is 0. The molecule has 0 saturated heterocycles. The Hall–Kier alpha value is -3.30. The summed E-state index contributed by atoms with van der Waals surface area (Å²) in [4.78, 5) is 20.3. The zero-order valence-corrected chi connectivity index (χ0v) is 12.9. The zero-order chi connectivity index (χ0) is 17.6. The second-order valence-corrected chi connectivity index (χ2v) is 5.29. The topological polar surface area (TPSA) is 90.6 Å². The number of amides is 1. The SMILES string of the molecule is Cc1cc(C(F)F)n2nc(C(=O)Nc3ccc4c(c3)OCO4)nc2n1. The summed E-state index contributed by atoms with van der Waals surface area (Å²) in [6, 6.07) is 6.05. The maximum atomic E-state index is 13.1. The molecule has 1 amide bonds. The van der Waals surface area contributed by atoms with E-state index in [1.807, 2.05) is 0 Å². The van der Waals surface area contributed by atoms with Crippen LogP contribution in [0.5, 0.6) is 11.5 Å². The highest BCUT2D eigenvalue weighted by atomic mass is 19.3. The number of nitrogens with zero attached hydrogens (tertiary/aromatic N) is 4. The van der Waals surface area contributed by atoms with E-state index in [9.17, 15) is 13.6 Å². The van der Waals surface area contributed by atoms with Gasteiger partial charge in [0, 0.05) is 17.4 Å². The van der Waals surface area contributed by atoms with Gasteiger partial charge in [-0.3, -0.25) is 4.79 Å². The fourth-order valence-corrected chi connectivity index (χ4v) is 2.43. The summed E-state index contributed by atoms with van der Waals surface area (Å²) in [5, 5.41) is 6.42. The highest BCUT2D eigenvalue weighted by molar-refractivity contribution is 6.02. The van der Waals surface area contributed by atoms with Gasteiger partial charge in [-0.05, 0) is 25.1 Å². The average Bonchev–Trinajstić information content (AvgIpc) is 3.19. The van der Waals surface area contributed by atoms with E-state index in [0.717, 1.165) is 4.52 Å². The number of benzene rings is 1. The fraction of sp³-hybridized carbons (Fsp3) is 0.200. The van der Waals surface area contributed by atoms with Crippen LogP contribution in [-0.2, 0) is 0 Å². The number of fused-ring (bicyclic) bond motifs is 2. The molecule has 0 unspecified atom stereocenters. The van der Waals surface area contributed by atoms with Crippen molar-refractivity contribution in [1.29, 1.82) is 0 Å². The van der Waals surface area contributed by atoms with Crippen molar-refractivity contribution in [3.05, 3.63) is 41.5 Å². The van der Waals surface area contributed by atoms with E-state index >= 15 is 0 Å². The number of ether oxygens (including phenoxy) is 2. The average molecular weight is 347 g/mol. The molecular weight excluding hydrogens is 336 g/mol. The van der Waals surface area contributed by atoms with Gasteiger partial charge in [0.2, 0.25) is 12.6 Å². The van der Waals surface area contributed by atoms with Crippen LogP contribution >= 0.6 is 0 Å². The molecular formula is C15H11F2N5O3. The van der Waals surface area contributed by atoms with Gasteiger partial charge >= 0.3 is 0 Å². The molecule has 3 heterocycles. The Morgan fingerprint density at radius 3 is 2.84 bits per heavy atom. The Labute approximate surface area is 139 Å². The van der Waals surface area contributed by atoms with Crippen LogP contribution < -0.4 is 14.8 Å². The summed E-state index contributed by atoms with van der Waals surface area (Å²) in [6.45, 7) is 1.68. The van der Waals surface area contributed by atoms with Crippen molar-refractivity contribution in [3.8, 4) is 11.5 Å². The molecule has 3 aromatic rings. The second kappa shape index (κ2) is 5.65. The molecule has 0 radical (unpaired) electrons. The van der Waals surface area contributed by atoms with Gasteiger partial charge in [-0.25, -0.2) is 13.8 Å². The second-order valence-electron chi connectivity index (χ2n) is 5.29. The molecule has 25 heavy (non-hydrogen) atoms. The van der Waals surface area contributed by atoms with Gasteiger partial charge in [0.05, 0.1) is 0 Å². The minimum atomic E-state index is -2.77. The lowest BCUT2D eigenvalue weighted by molar-refractivity contribution is 0.101. The molecule has 1 aliphatic rings. The van der Waals surface area contributed by atoms with Crippen molar-refractivity contribution in [2.45, 2.75) is 13.3 Å². The van der Waals surface area contributed by atoms with Crippen LogP contribution in [-0.4, -0.2) is 32.3 Å². The first kappa shape index (κ1) is 15.2. The molecule has 1 aliphatic heterocycles. The van der Waals surface area contributed by atoms with E-state index in [2.05, 4.69) is 20.4 Å². The highest BCUT2D eigenvalue weighted by Crippen LogP contribution is 2.34. The number of aromatic nitrogens is 4. The molecule has 1 aromatic carbocycles. The van der Waals surface area contributed by atoms with Crippen molar-refractivity contribution in [1.82, 2.24) is 19.6 Å². The minimum Gasteiger partial charge on any atom is -0.454 e. The van der Waals surface area contributed by atoms with Gasteiger partial charge in [-0.2, -0.15) is 9.50 Å². The van der Waals surface area contributed by atoms with Crippen molar-refractivity contribution in [2.24, 2.45) is 0 Å². The third kappa shape index (κ3) is 2.71. The Morgan fingerprint density at radius 2 is 2.04 bits per heavy atom. The Kier molecular flexibility index (Phi) is 3.45. The number of nitrogens with one attached hydrogen (secondary N) is 1. The molecule has 10 heteroatoms. The lowest BCUT2D eigenvalue weighted by Crippen LogP contribution is -2.14. The monoisotopic (exact) mass is 347 g/mol. The number of aryl methyl sites for hydroxylation is 1. The summed E-state index contributed by atoms with van der Waals surface area (Å²) in [7, 11) is 0. The smallest absolute Gasteiger partial charge is 0.295 e. The van der Waals surface area contributed by atoms with E-state index in [1.54, 1.807) is 25.1 Å². The quantitative estimate of drug-likeness (QED) is 0.782. The highest BCUT2D eigenvalue weighted by Gasteiger charge is 2.21. The van der Waals surface area contributed by atoms with Crippen molar-refractivity contribution in [2.75, 3.05) is 12.1 Å². The number of hydrogen-bond donors (Lipinski definition) is 1. The number of carbonyl (C=O) groups is 1. The van der Waals surface area contributed by atoms with E-state index < -0.39 is 12.3 Å². The molecule has 1 N–H and O–H groups in total. The molecule has 0 aliphatic carbocycles. The molecule has 0 bridgehead atoms. The first-order valence-corrected chi connectivity index (χ1v) is 7.25. The molecule has 4 rings (SSSR count). The van der Waals surface area contributed by atoms with Gasteiger partial charge in [0.15, 0.2) is 11.5 Å². The molecule has 0 atom stereocenters. The normalized spacial score (nSPS) is 12.8. The third-order valence-corrected chi connectivity index (χ3v) is 3.52. The molecule has 0 spiro atoms. The lowest BCUT2D eigenvalue weighted by Gasteiger charge is -2.03. The van der Waals surface area contributed by atoms with Gasteiger partial charge < -0.3 is 14.8 Å². The molecule has 8 nitrogen and oxygen atoms in total. The van der Waals surface area contributed by atoms with Gasteiger partial charge in [-0.1, -0.05) is 0 Å². The molecule has 128 valence electrons. The van der Waals surface area contributed by atoms with Gasteiger partial charge in [-0.15, -0.1) is 5.10 Å². The van der Waals surface area contributed by atoms with Crippen LogP contribution in [0.3, 0.4) is 0 Å². The zero-order valence-electron chi connectivity index (χ0n) is 12.9. The van der Waals surface area contributed by atoms with Crippen molar-refractivity contribution < 1.29 is 23.0 Å². The molecule has 2 aromatic heterocycles. The summed E-state index contributed by atoms with van der Waals surface area (Å²) in [5.41, 5.74) is 0.418. The maximum absolute atomic E-state index is 13.1. The summed E-state index contributed by atoms with van der Waals surface area (Å²) < 4.78 is 37.5. The first-order chi connectivity index (χ1) is 12.0. The van der Waals surface area contributed by atoms with E-state index in [4.69, 9.17) is 9.47 Å². The van der Waals surface area contributed by atoms with Crippen LogP contribution in [0.2, 0.25) is 0 Å². The van der Waals surface area contributed by atoms with Crippen LogP contribution in [0.1, 0.15) is 28.4 Å². The number of rotatable bonds is 3. The number of hydrogen-bond acceptors (Lipinski definition) is 6. The third-order valence-electron chi connectivity index (χ3n) is 3.52. The van der Waals surface area contributed by atoms with Gasteiger partial charge in [0.25, 0.3) is 18.1 Å². The lowest BCUT2D eigenvalue weighted by atomic mass is 10.3. The molecule has 0 saturated carbocycles. The van der Waals surface area contributed by atoms with Crippen molar-refractivity contribution in [3.63, 3.8) is 0 Å². The van der Waals surface area contributed by atoms with Crippen LogP contribution in [0.4, 0.5) is 14.5 Å². The van der Waals surface area contributed by atoms with Crippen molar-refractivity contribution >= 4 is 17.4 Å². The van der Waals surface area contributed by atoms with Crippen LogP contribution in [0, 0.1) is 6.92 Å². The largest absolute Gasteiger partial charge is 0.454 e. The van der Waals surface area contributed by atoms with E-state index in [-0.39, 0.29) is 24.1 Å². The standard InChI is InChI=1S/C15H11F2N5O3/c1-7-4-9(12(16)17)22-15(18-7)20-13(21-22)14(23)19-8-2-3-10-11(5-8)25-6-24-10/h2-5,12H,6H2,1H3,(H,19,23). The maximum Gasteiger partial charge on any atom is 0.295 e. The van der Waals surface area contributed by atoms with E-state index in [0.29, 0.717) is 22.9 Å². The van der Waals surface area contributed by atoms with E-state index in [1.165, 1.54) is 6.07 Å².